The van der Waals surface area contributed by atoms with Gasteiger partial charge in [-0.15, -0.1) is 0 Å². The largest absolute Gasteiger partial charge is 0.455 e. The number of nitro benzene ring substituents is 1. The van der Waals surface area contributed by atoms with Crippen LogP contribution in [0.3, 0.4) is 0 Å². The smallest absolute Gasteiger partial charge is 0.274 e. The Bertz CT molecular complexity index is 1390. The number of amides is 1. The summed E-state index contributed by atoms with van der Waals surface area (Å²) < 4.78 is 6.12. The molecule has 0 bridgehead atoms. The maximum absolute atomic E-state index is 13.3. The highest BCUT2D eigenvalue weighted by Crippen LogP contribution is 2.28. The van der Waals surface area contributed by atoms with E-state index in [4.69, 9.17) is 4.42 Å². The molecule has 0 aliphatic rings. The minimum atomic E-state index is -0.473. The van der Waals surface area contributed by atoms with E-state index in [-0.39, 0.29) is 28.8 Å². The van der Waals surface area contributed by atoms with E-state index in [0.29, 0.717) is 22.3 Å². The summed E-state index contributed by atoms with van der Waals surface area (Å²) >= 11 is 0. The zero-order valence-corrected chi connectivity index (χ0v) is 17.6. The van der Waals surface area contributed by atoms with Crippen molar-refractivity contribution < 1.29 is 14.1 Å². The molecule has 1 heterocycles. The number of rotatable bonds is 5. The van der Waals surface area contributed by atoms with Crippen LogP contribution in [-0.2, 0) is 6.54 Å². The molecule has 4 rings (SSSR count). The number of nitrogens with zero attached hydrogens (tertiary/aromatic N) is 2. The third-order valence-electron chi connectivity index (χ3n) is 5.35. The molecule has 4 aromatic rings. The standard InChI is InChI=1S/C25H20N2O5/c1-16-22(28)19-12-8-13-20(24(19)32-23(16)17-9-4-3-5-10-17)25(29)26(2)15-18-11-6-7-14-21(18)27(30)31/h3-14H,15H2,1-2H3. The first-order valence-electron chi connectivity index (χ1n) is 9.98. The Hall–Kier alpha value is -4.26. The van der Waals surface area contributed by atoms with Crippen LogP contribution < -0.4 is 5.43 Å². The van der Waals surface area contributed by atoms with Gasteiger partial charge in [-0.2, -0.15) is 0 Å². The Morgan fingerprint density at radius 1 is 1.00 bits per heavy atom. The molecule has 0 fully saturated rings. The first-order chi connectivity index (χ1) is 15.4. The fourth-order valence-electron chi connectivity index (χ4n) is 3.70. The van der Waals surface area contributed by atoms with Gasteiger partial charge in [-0.1, -0.05) is 54.6 Å². The fourth-order valence-corrected chi connectivity index (χ4v) is 3.70. The molecule has 3 aromatic carbocycles. The predicted octanol–water partition coefficient (Wildman–Crippen LogP) is 4.95. The highest BCUT2D eigenvalue weighted by molar-refractivity contribution is 6.05. The van der Waals surface area contributed by atoms with Crippen LogP contribution in [0, 0.1) is 17.0 Å². The molecule has 32 heavy (non-hydrogen) atoms. The van der Waals surface area contributed by atoms with E-state index in [0.717, 1.165) is 5.56 Å². The van der Waals surface area contributed by atoms with Crippen molar-refractivity contribution in [2.45, 2.75) is 13.5 Å². The summed E-state index contributed by atoms with van der Waals surface area (Å²) in [5, 5.41) is 11.6. The Morgan fingerprint density at radius 2 is 1.69 bits per heavy atom. The van der Waals surface area contributed by atoms with E-state index < -0.39 is 10.8 Å². The van der Waals surface area contributed by atoms with Crippen LogP contribution in [0.1, 0.15) is 21.5 Å². The fraction of sp³-hybridized carbons (Fsp3) is 0.120. The summed E-state index contributed by atoms with van der Waals surface area (Å²) in [7, 11) is 1.56. The summed E-state index contributed by atoms with van der Waals surface area (Å²) in [5.74, 6) is 0.00414. The summed E-state index contributed by atoms with van der Waals surface area (Å²) in [6.45, 7) is 1.73. The molecular formula is C25H20N2O5. The number of nitro groups is 1. The van der Waals surface area contributed by atoms with Gasteiger partial charge < -0.3 is 9.32 Å². The van der Waals surface area contributed by atoms with Crippen molar-refractivity contribution in [1.82, 2.24) is 4.90 Å². The van der Waals surface area contributed by atoms with E-state index in [1.54, 1.807) is 50.4 Å². The molecule has 160 valence electrons. The normalized spacial score (nSPS) is 10.8. The number of carbonyl (C=O) groups is 1. The van der Waals surface area contributed by atoms with Crippen LogP contribution >= 0.6 is 0 Å². The van der Waals surface area contributed by atoms with E-state index in [1.807, 2.05) is 30.3 Å². The lowest BCUT2D eigenvalue weighted by Crippen LogP contribution is -2.27. The second-order valence-electron chi connectivity index (χ2n) is 7.48. The maximum atomic E-state index is 13.3. The molecule has 0 saturated carbocycles. The Morgan fingerprint density at radius 3 is 2.41 bits per heavy atom. The van der Waals surface area contributed by atoms with Crippen molar-refractivity contribution in [2.75, 3.05) is 7.05 Å². The highest BCUT2D eigenvalue weighted by atomic mass is 16.6. The first kappa shape index (κ1) is 21.0. The quantitative estimate of drug-likeness (QED) is 0.331. The molecule has 0 atom stereocenters. The predicted molar refractivity (Wildman–Crippen MR) is 122 cm³/mol. The molecule has 0 N–H and O–H groups in total. The average molecular weight is 428 g/mol. The van der Waals surface area contributed by atoms with Crippen molar-refractivity contribution in [2.24, 2.45) is 0 Å². The average Bonchev–Trinajstić information content (AvgIpc) is 2.81. The lowest BCUT2D eigenvalue weighted by molar-refractivity contribution is -0.385. The first-order valence-corrected chi connectivity index (χ1v) is 9.98. The van der Waals surface area contributed by atoms with Crippen LogP contribution in [0.4, 0.5) is 5.69 Å². The van der Waals surface area contributed by atoms with E-state index >= 15 is 0 Å². The summed E-state index contributed by atoms with van der Waals surface area (Å²) in [4.78, 5) is 38.5. The third-order valence-corrected chi connectivity index (χ3v) is 5.35. The van der Waals surface area contributed by atoms with Gasteiger partial charge in [-0.3, -0.25) is 19.7 Å². The van der Waals surface area contributed by atoms with Crippen LogP contribution in [0.15, 0.2) is 82.0 Å². The monoisotopic (exact) mass is 428 g/mol. The van der Waals surface area contributed by atoms with Gasteiger partial charge in [0.05, 0.1) is 22.4 Å². The maximum Gasteiger partial charge on any atom is 0.274 e. The Labute approximate surface area is 183 Å². The minimum absolute atomic E-state index is 0.0357. The number of para-hydroxylation sites is 2. The SMILES string of the molecule is Cc1c(-c2ccccc2)oc2c(C(=O)N(C)Cc3ccccc3[N+](=O)[O-])cccc2c1=O. The molecule has 0 saturated heterocycles. The van der Waals surface area contributed by atoms with E-state index in [1.165, 1.54) is 11.0 Å². The molecule has 7 heteroatoms. The second-order valence-corrected chi connectivity index (χ2v) is 7.48. The van der Waals surface area contributed by atoms with Gasteiger partial charge in [0.25, 0.3) is 11.6 Å². The molecule has 1 aromatic heterocycles. The van der Waals surface area contributed by atoms with Gasteiger partial charge in [0.1, 0.15) is 5.76 Å². The van der Waals surface area contributed by atoms with Crippen molar-refractivity contribution in [3.8, 4) is 11.3 Å². The number of benzene rings is 3. The molecule has 1 amide bonds. The topological polar surface area (TPSA) is 93.7 Å². The van der Waals surface area contributed by atoms with Crippen LogP contribution in [-0.4, -0.2) is 22.8 Å². The molecule has 0 spiro atoms. The second kappa shape index (κ2) is 8.47. The Balaban J connectivity index is 1.79. The molecule has 0 aliphatic heterocycles. The van der Waals surface area contributed by atoms with Gasteiger partial charge in [0, 0.05) is 29.8 Å². The van der Waals surface area contributed by atoms with Crippen LogP contribution in [0.5, 0.6) is 0 Å². The number of carbonyl (C=O) groups excluding carboxylic acids is 1. The van der Waals surface area contributed by atoms with Gasteiger partial charge >= 0.3 is 0 Å². The molecule has 0 aliphatic carbocycles. The van der Waals surface area contributed by atoms with Gasteiger partial charge in [0.15, 0.2) is 11.0 Å². The number of fused-ring (bicyclic) bond motifs is 1. The van der Waals surface area contributed by atoms with Crippen molar-refractivity contribution in [3.05, 3.63) is 110 Å². The Kier molecular flexibility index (Phi) is 5.55. The van der Waals surface area contributed by atoms with Crippen molar-refractivity contribution in [3.63, 3.8) is 0 Å². The van der Waals surface area contributed by atoms with Gasteiger partial charge in [-0.05, 0) is 19.1 Å². The summed E-state index contributed by atoms with van der Waals surface area (Å²) in [6.07, 6.45) is 0. The minimum Gasteiger partial charge on any atom is -0.455 e. The summed E-state index contributed by atoms with van der Waals surface area (Å²) in [6, 6.07) is 20.4. The van der Waals surface area contributed by atoms with Gasteiger partial charge in [-0.25, -0.2) is 0 Å². The molecule has 0 unspecified atom stereocenters. The zero-order valence-electron chi connectivity index (χ0n) is 17.6. The van der Waals surface area contributed by atoms with E-state index in [9.17, 15) is 19.7 Å². The van der Waals surface area contributed by atoms with Crippen molar-refractivity contribution in [1.29, 1.82) is 0 Å². The lowest BCUT2D eigenvalue weighted by Gasteiger charge is -2.18. The number of hydrogen-bond donors (Lipinski definition) is 0. The summed E-state index contributed by atoms with van der Waals surface area (Å²) in [5.41, 5.74) is 1.76. The van der Waals surface area contributed by atoms with Gasteiger partial charge in [0.2, 0.25) is 0 Å². The lowest BCUT2D eigenvalue weighted by atomic mass is 10.0. The van der Waals surface area contributed by atoms with Crippen molar-refractivity contribution >= 4 is 22.6 Å². The number of hydrogen-bond acceptors (Lipinski definition) is 5. The zero-order chi connectivity index (χ0) is 22.8. The van der Waals surface area contributed by atoms with Crippen LogP contribution in [0.2, 0.25) is 0 Å². The third kappa shape index (κ3) is 3.76. The van der Waals surface area contributed by atoms with Crippen LogP contribution in [0.25, 0.3) is 22.3 Å². The highest BCUT2D eigenvalue weighted by Gasteiger charge is 2.22. The molecular weight excluding hydrogens is 408 g/mol. The molecule has 7 nitrogen and oxygen atoms in total. The van der Waals surface area contributed by atoms with E-state index in [2.05, 4.69) is 0 Å². The molecule has 0 radical (unpaired) electrons.